The van der Waals surface area contributed by atoms with Crippen LogP contribution < -0.4 is 15.2 Å². The molecule has 0 spiro atoms. The van der Waals surface area contributed by atoms with E-state index in [2.05, 4.69) is 4.98 Å². The number of hydrogen-bond acceptors (Lipinski definition) is 7. The number of nitrogens with two attached hydrogens (primary N) is 1. The molecule has 0 amide bonds. The van der Waals surface area contributed by atoms with Crippen molar-refractivity contribution in [2.75, 3.05) is 25.2 Å². The van der Waals surface area contributed by atoms with Crippen molar-refractivity contribution in [2.24, 2.45) is 0 Å². The lowest BCUT2D eigenvalue weighted by molar-refractivity contribution is 0.0258. The minimum Gasteiger partial charge on any atom is -0.488 e. The molecule has 7 nitrogen and oxygen atoms in total. The molecule has 0 radical (unpaired) electrons. The van der Waals surface area contributed by atoms with Crippen molar-refractivity contribution in [3.63, 3.8) is 0 Å². The van der Waals surface area contributed by atoms with Crippen LogP contribution in [0, 0.1) is 0 Å². The summed E-state index contributed by atoms with van der Waals surface area (Å²) >= 11 is 0. The van der Waals surface area contributed by atoms with Gasteiger partial charge in [-0.15, -0.1) is 0 Å². The fraction of sp³-hybridized carbons (Fsp3) is 0.389. The van der Waals surface area contributed by atoms with E-state index in [1.165, 1.54) is 12.5 Å². The van der Waals surface area contributed by atoms with Gasteiger partial charge in [0.15, 0.2) is 9.84 Å². The van der Waals surface area contributed by atoms with Gasteiger partial charge in [-0.2, -0.15) is 0 Å². The molecule has 1 aliphatic rings. The second-order valence-corrected chi connectivity index (χ2v) is 8.43. The normalized spacial score (nSPS) is 15.6. The summed E-state index contributed by atoms with van der Waals surface area (Å²) in [5.41, 5.74) is 7.02. The number of rotatable bonds is 6. The molecule has 1 aromatic heterocycles. The third-order valence-corrected chi connectivity index (χ3v) is 4.71. The second-order valence-electron chi connectivity index (χ2n) is 6.29. The molecule has 0 bridgehead atoms. The summed E-state index contributed by atoms with van der Waals surface area (Å²) in [6.07, 6.45) is 4.41. The molecule has 1 fully saturated rings. The Kier molecular flexibility index (Phi) is 5.63. The lowest BCUT2D eigenvalue weighted by Crippen LogP contribution is -2.26. The third-order valence-electron chi connectivity index (χ3n) is 3.89. The number of sulfone groups is 1. The molecule has 0 saturated carbocycles. The van der Waals surface area contributed by atoms with E-state index in [4.69, 9.17) is 19.9 Å². The number of pyridine rings is 1. The van der Waals surface area contributed by atoms with E-state index in [0.29, 0.717) is 41.8 Å². The first kappa shape index (κ1) is 18.5. The van der Waals surface area contributed by atoms with Gasteiger partial charge < -0.3 is 19.9 Å². The number of aromatic nitrogens is 1. The van der Waals surface area contributed by atoms with Crippen molar-refractivity contribution in [1.82, 2.24) is 4.98 Å². The molecular weight excluding hydrogens is 356 g/mol. The average Bonchev–Trinajstić information content (AvgIpc) is 2.59. The number of hydrogen-bond donors (Lipinski definition) is 1. The maximum absolute atomic E-state index is 11.3. The van der Waals surface area contributed by atoms with Crippen LogP contribution in [-0.2, 0) is 20.3 Å². The number of ether oxygens (including phenoxy) is 3. The van der Waals surface area contributed by atoms with Crippen molar-refractivity contribution in [1.29, 1.82) is 0 Å². The van der Waals surface area contributed by atoms with E-state index in [0.717, 1.165) is 12.8 Å². The van der Waals surface area contributed by atoms with E-state index in [1.54, 1.807) is 30.3 Å². The zero-order valence-corrected chi connectivity index (χ0v) is 15.4. The monoisotopic (exact) mass is 378 g/mol. The van der Waals surface area contributed by atoms with Gasteiger partial charge in [-0.05, 0) is 24.3 Å². The molecule has 2 heterocycles. The van der Waals surface area contributed by atoms with E-state index in [-0.39, 0.29) is 11.9 Å². The van der Waals surface area contributed by atoms with Gasteiger partial charge in [0.1, 0.15) is 23.4 Å². The summed E-state index contributed by atoms with van der Waals surface area (Å²) < 4.78 is 39.7. The highest BCUT2D eigenvalue weighted by Gasteiger charge is 2.17. The Labute approximate surface area is 153 Å². The van der Waals surface area contributed by atoms with Crippen molar-refractivity contribution in [2.45, 2.75) is 24.7 Å². The summed E-state index contributed by atoms with van der Waals surface area (Å²) in [4.78, 5) is 4.12. The highest BCUT2D eigenvalue weighted by Crippen LogP contribution is 2.31. The molecule has 3 rings (SSSR count). The van der Waals surface area contributed by atoms with Crippen molar-refractivity contribution < 1.29 is 22.6 Å². The van der Waals surface area contributed by atoms with Crippen molar-refractivity contribution in [3.05, 3.63) is 42.2 Å². The number of anilines is 1. The predicted octanol–water partition coefficient (Wildman–Crippen LogP) is 2.56. The predicted molar refractivity (Wildman–Crippen MR) is 98.2 cm³/mol. The van der Waals surface area contributed by atoms with Crippen LogP contribution in [0.15, 0.2) is 36.5 Å². The molecular formula is C18H22N2O5S. The van der Waals surface area contributed by atoms with Crippen molar-refractivity contribution in [3.8, 4) is 17.2 Å². The standard InChI is InChI=1S/C18H22N2O5S/c1-26(21,22)12-13-2-3-16(11-20-13)24-15-4-5-17(19)18(10-15)25-14-6-8-23-9-7-14/h2-5,10-11,14H,6-9,12,19H2,1H3. The zero-order chi connectivity index (χ0) is 18.6. The molecule has 26 heavy (non-hydrogen) atoms. The van der Waals surface area contributed by atoms with Crippen LogP contribution in [0.1, 0.15) is 18.5 Å². The van der Waals surface area contributed by atoms with Gasteiger partial charge in [0, 0.05) is 25.2 Å². The Bertz CT molecular complexity index is 846. The molecule has 1 saturated heterocycles. The molecule has 1 aliphatic heterocycles. The van der Waals surface area contributed by atoms with Gasteiger partial charge in [0.05, 0.1) is 36.5 Å². The summed E-state index contributed by atoms with van der Waals surface area (Å²) in [5, 5.41) is 0. The zero-order valence-electron chi connectivity index (χ0n) is 14.6. The molecule has 1 aromatic carbocycles. The minimum atomic E-state index is -3.12. The Morgan fingerprint density at radius 3 is 2.58 bits per heavy atom. The molecule has 0 atom stereocenters. The van der Waals surface area contributed by atoms with Crippen LogP contribution in [0.4, 0.5) is 5.69 Å². The largest absolute Gasteiger partial charge is 0.488 e. The summed E-state index contributed by atoms with van der Waals surface area (Å²) in [6.45, 7) is 1.37. The number of nitrogen functional groups attached to an aromatic ring is 1. The smallest absolute Gasteiger partial charge is 0.153 e. The second kappa shape index (κ2) is 7.92. The summed E-state index contributed by atoms with van der Waals surface area (Å²) in [5.74, 6) is 1.55. The fourth-order valence-corrected chi connectivity index (χ4v) is 3.32. The molecule has 140 valence electrons. The lowest BCUT2D eigenvalue weighted by Gasteiger charge is -2.24. The Hall–Kier alpha value is -2.32. The van der Waals surface area contributed by atoms with Gasteiger partial charge in [-0.3, -0.25) is 4.98 Å². The number of nitrogens with zero attached hydrogens (tertiary/aromatic N) is 1. The minimum absolute atomic E-state index is 0.0817. The van der Waals surface area contributed by atoms with E-state index >= 15 is 0 Å². The Morgan fingerprint density at radius 2 is 1.92 bits per heavy atom. The highest BCUT2D eigenvalue weighted by atomic mass is 32.2. The van der Waals surface area contributed by atoms with Crippen LogP contribution in [0.3, 0.4) is 0 Å². The van der Waals surface area contributed by atoms with Gasteiger partial charge in [0.25, 0.3) is 0 Å². The summed E-state index contributed by atoms with van der Waals surface area (Å²) in [7, 11) is -3.12. The SMILES string of the molecule is CS(=O)(=O)Cc1ccc(Oc2ccc(N)c(OC3CCOCC3)c2)cn1. The quantitative estimate of drug-likeness (QED) is 0.771. The topological polar surface area (TPSA) is 101 Å². The number of benzene rings is 1. The van der Waals surface area contributed by atoms with Gasteiger partial charge in [0.2, 0.25) is 0 Å². The van der Waals surface area contributed by atoms with Crippen LogP contribution in [0.2, 0.25) is 0 Å². The Morgan fingerprint density at radius 1 is 1.19 bits per heavy atom. The van der Waals surface area contributed by atoms with Gasteiger partial charge in [-0.1, -0.05) is 0 Å². The molecule has 2 N–H and O–H groups in total. The molecule has 0 aliphatic carbocycles. The fourth-order valence-electron chi connectivity index (χ4n) is 2.62. The van der Waals surface area contributed by atoms with E-state index in [9.17, 15) is 8.42 Å². The summed E-state index contributed by atoms with van der Waals surface area (Å²) in [6, 6.07) is 8.54. The first-order valence-corrected chi connectivity index (χ1v) is 10.4. The van der Waals surface area contributed by atoms with E-state index < -0.39 is 9.84 Å². The van der Waals surface area contributed by atoms with Gasteiger partial charge >= 0.3 is 0 Å². The van der Waals surface area contributed by atoms with Crippen LogP contribution in [-0.4, -0.2) is 39.0 Å². The molecule has 8 heteroatoms. The average molecular weight is 378 g/mol. The highest BCUT2D eigenvalue weighted by molar-refractivity contribution is 7.89. The van der Waals surface area contributed by atoms with Gasteiger partial charge in [-0.25, -0.2) is 8.42 Å². The van der Waals surface area contributed by atoms with E-state index in [1.807, 2.05) is 0 Å². The van der Waals surface area contributed by atoms with Crippen LogP contribution >= 0.6 is 0 Å². The molecule has 2 aromatic rings. The first-order chi connectivity index (χ1) is 12.4. The van der Waals surface area contributed by atoms with Crippen molar-refractivity contribution >= 4 is 15.5 Å². The maximum atomic E-state index is 11.3. The maximum Gasteiger partial charge on any atom is 0.153 e. The Balaban J connectivity index is 1.68. The molecule has 0 unspecified atom stereocenters. The first-order valence-electron chi connectivity index (χ1n) is 8.33. The third kappa shape index (κ3) is 5.34. The van der Waals surface area contributed by atoms with Crippen LogP contribution in [0.25, 0.3) is 0 Å². The van der Waals surface area contributed by atoms with Crippen LogP contribution in [0.5, 0.6) is 17.2 Å². The lowest BCUT2D eigenvalue weighted by atomic mass is 10.1.